The molecule has 0 bridgehead atoms. The fraction of sp³-hybridized carbons (Fsp3) is 0.150. The minimum atomic E-state index is 0.0723. The smallest absolute Gasteiger partial charge is 0.229 e. The van der Waals surface area contributed by atoms with Gasteiger partial charge in [-0.15, -0.1) is 0 Å². The van der Waals surface area contributed by atoms with Crippen molar-refractivity contribution in [2.45, 2.75) is 20.0 Å². The first-order chi connectivity index (χ1) is 12.7. The average molecular weight is 345 g/mol. The molecule has 3 aromatic rings. The van der Waals surface area contributed by atoms with Crippen LogP contribution in [0.15, 0.2) is 60.8 Å². The monoisotopic (exact) mass is 345 g/mol. The van der Waals surface area contributed by atoms with Crippen molar-refractivity contribution in [2.75, 3.05) is 10.6 Å². The summed E-state index contributed by atoms with van der Waals surface area (Å²) < 4.78 is 5.82. The molecule has 0 aliphatic carbocycles. The highest BCUT2D eigenvalue weighted by Gasteiger charge is 2.08. The molecule has 1 aromatic heterocycles. The predicted molar refractivity (Wildman–Crippen MR) is 102 cm³/mol. The molecule has 0 atom stereocenters. The van der Waals surface area contributed by atoms with Gasteiger partial charge in [-0.25, -0.2) is 4.98 Å². The average Bonchev–Trinajstić information content (AvgIpc) is 2.64. The Balaban J connectivity index is 1.82. The first kappa shape index (κ1) is 17.2. The van der Waals surface area contributed by atoms with Gasteiger partial charge in [0.05, 0.1) is 23.0 Å². The van der Waals surface area contributed by atoms with Gasteiger partial charge in [-0.3, -0.25) is 0 Å². The number of anilines is 4. The molecular weight excluding hydrogens is 326 g/mol. The van der Waals surface area contributed by atoms with Crippen molar-refractivity contribution in [2.24, 2.45) is 0 Å². The second-order valence-electron chi connectivity index (χ2n) is 5.84. The molecule has 0 saturated carbocycles. The zero-order chi connectivity index (χ0) is 18.4. The highest BCUT2D eigenvalue weighted by molar-refractivity contribution is 5.66. The Kier molecular flexibility index (Phi) is 5.30. The maximum atomic E-state index is 9.19. The van der Waals surface area contributed by atoms with Crippen LogP contribution in [0.2, 0.25) is 0 Å². The van der Waals surface area contributed by atoms with E-state index in [2.05, 4.69) is 26.7 Å². The van der Waals surface area contributed by atoms with E-state index < -0.39 is 0 Å². The van der Waals surface area contributed by atoms with Gasteiger partial charge in [0.25, 0.3) is 0 Å². The second-order valence-corrected chi connectivity index (χ2v) is 5.84. The van der Waals surface area contributed by atoms with Crippen LogP contribution >= 0.6 is 0 Å². The van der Waals surface area contributed by atoms with Crippen LogP contribution in [-0.4, -0.2) is 16.1 Å². The van der Waals surface area contributed by atoms with E-state index in [9.17, 15) is 5.26 Å². The van der Waals surface area contributed by atoms with Crippen LogP contribution in [0.4, 0.5) is 23.1 Å². The minimum Gasteiger partial charge on any atom is -0.489 e. The molecule has 0 aliphatic heterocycles. The Morgan fingerprint density at radius 1 is 0.962 bits per heavy atom. The summed E-state index contributed by atoms with van der Waals surface area (Å²) in [5.74, 6) is 1.78. The zero-order valence-corrected chi connectivity index (χ0v) is 14.6. The molecule has 0 saturated heterocycles. The summed E-state index contributed by atoms with van der Waals surface area (Å²) in [5, 5.41) is 15.5. The number of para-hydroxylation sites is 3. The summed E-state index contributed by atoms with van der Waals surface area (Å²) in [5.41, 5.74) is 2.02. The largest absolute Gasteiger partial charge is 0.489 e. The number of hydrogen-bond acceptors (Lipinski definition) is 6. The maximum absolute atomic E-state index is 9.19. The molecule has 0 aliphatic rings. The van der Waals surface area contributed by atoms with Crippen LogP contribution in [0, 0.1) is 11.3 Å². The van der Waals surface area contributed by atoms with Gasteiger partial charge in [-0.05, 0) is 44.2 Å². The summed E-state index contributed by atoms with van der Waals surface area (Å²) in [6.45, 7) is 3.96. The lowest BCUT2D eigenvalue weighted by Gasteiger charge is -2.15. The van der Waals surface area contributed by atoms with Crippen molar-refractivity contribution in [1.82, 2.24) is 9.97 Å². The van der Waals surface area contributed by atoms with Gasteiger partial charge in [0.15, 0.2) is 0 Å². The number of nitrogens with one attached hydrogen (secondary N) is 2. The Hall–Kier alpha value is -3.59. The molecule has 0 radical (unpaired) electrons. The molecule has 1 heterocycles. The topological polar surface area (TPSA) is 82.9 Å². The van der Waals surface area contributed by atoms with Gasteiger partial charge < -0.3 is 15.4 Å². The number of ether oxygens (including phenoxy) is 1. The van der Waals surface area contributed by atoms with Crippen LogP contribution < -0.4 is 15.4 Å². The molecule has 130 valence electrons. The molecule has 0 fully saturated rings. The van der Waals surface area contributed by atoms with E-state index in [-0.39, 0.29) is 6.10 Å². The number of hydrogen-bond donors (Lipinski definition) is 2. The predicted octanol–water partition coefficient (Wildman–Crippen LogP) is 4.62. The van der Waals surface area contributed by atoms with Gasteiger partial charge in [-0.1, -0.05) is 24.3 Å². The number of benzene rings is 2. The highest BCUT2D eigenvalue weighted by atomic mass is 16.5. The number of aromatic nitrogens is 2. The van der Waals surface area contributed by atoms with Gasteiger partial charge in [-0.2, -0.15) is 10.2 Å². The summed E-state index contributed by atoms with van der Waals surface area (Å²) in [7, 11) is 0. The van der Waals surface area contributed by atoms with Gasteiger partial charge in [0, 0.05) is 6.20 Å². The third kappa shape index (κ3) is 4.28. The minimum absolute atomic E-state index is 0.0723. The molecule has 0 amide bonds. The van der Waals surface area contributed by atoms with E-state index in [0.29, 0.717) is 23.0 Å². The Labute approximate surface area is 152 Å². The first-order valence-corrected chi connectivity index (χ1v) is 8.27. The molecular formula is C20H19N5O. The molecule has 2 aromatic carbocycles. The van der Waals surface area contributed by atoms with Crippen molar-refractivity contribution >= 4 is 23.1 Å². The van der Waals surface area contributed by atoms with E-state index in [0.717, 1.165) is 11.4 Å². The summed E-state index contributed by atoms with van der Waals surface area (Å²) in [6.07, 6.45) is 1.72. The number of nitrogens with zero attached hydrogens (tertiary/aromatic N) is 3. The fourth-order valence-electron chi connectivity index (χ4n) is 2.36. The SMILES string of the molecule is CC(C)Oc1ccccc1Nc1ccnc(Nc2ccccc2C#N)n1. The standard InChI is InChI=1S/C20H19N5O/c1-14(2)26-18-10-6-5-9-17(18)23-19-11-12-22-20(25-19)24-16-8-4-3-7-15(16)13-21/h3-12,14H,1-2H3,(H2,22,23,24,25). The van der Waals surface area contributed by atoms with E-state index in [1.54, 1.807) is 18.3 Å². The van der Waals surface area contributed by atoms with Gasteiger partial charge in [0.1, 0.15) is 17.6 Å². The molecule has 6 heteroatoms. The third-order valence-electron chi connectivity index (χ3n) is 3.46. The molecule has 3 rings (SSSR count). The Morgan fingerprint density at radius 3 is 2.46 bits per heavy atom. The lowest BCUT2D eigenvalue weighted by molar-refractivity contribution is 0.244. The quantitative estimate of drug-likeness (QED) is 0.678. The van der Waals surface area contributed by atoms with Crippen molar-refractivity contribution < 1.29 is 4.74 Å². The molecule has 0 unspecified atom stereocenters. The molecule has 2 N–H and O–H groups in total. The van der Waals surface area contributed by atoms with Gasteiger partial charge in [0.2, 0.25) is 5.95 Å². The Morgan fingerprint density at radius 2 is 1.69 bits per heavy atom. The first-order valence-electron chi connectivity index (χ1n) is 8.27. The summed E-state index contributed by atoms with van der Waals surface area (Å²) in [6, 6.07) is 18.8. The molecule has 0 spiro atoms. The van der Waals surface area contributed by atoms with Crippen LogP contribution in [-0.2, 0) is 0 Å². The fourth-order valence-corrected chi connectivity index (χ4v) is 2.36. The van der Waals surface area contributed by atoms with Crippen LogP contribution in [0.5, 0.6) is 5.75 Å². The lowest BCUT2D eigenvalue weighted by atomic mass is 10.2. The van der Waals surface area contributed by atoms with Crippen molar-refractivity contribution in [3.63, 3.8) is 0 Å². The summed E-state index contributed by atoms with van der Waals surface area (Å²) >= 11 is 0. The highest BCUT2D eigenvalue weighted by Crippen LogP contribution is 2.28. The second kappa shape index (κ2) is 7.99. The van der Waals surface area contributed by atoms with Crippen LogP contribution in [0.25, 0.3) is 0 Å². The third-order valence-corrected chi connectivity index (χ3v) is 3.46. The zero-order valence-electron chi connectivity index (χ0n) is 14.6. The maximum Gasteiger partial charge on any atom is 0.229 e. The lowest BCUT2D eigenvalue weighted by Crippen LogP contribution is -2.08. The normalized spacial score (nSPS) is 10.2. The van der Waals surface area contributed by atoms with E-state index >= 15 is 0 Å². The van der Waals surface area contributed by atoms with Gasteiger partial charge >= 0.3 is 0 Å². The molecule has 6 nitrogen and oxygen atoms in total. The van der Waals surface area contributed by atoms with Crippen LogP contribution in [0.1, 0.15) is 19.4 Å². The van der Waals surface area contributed by atoms with Crippen molar-refractivity contribution in [3.05, 3.63) is 66.4 Å². The van der Waals surface area contributed by atoms with Crippen molar-refractivity contribution in [3.8, 4) is 11.8 Å². The van der Waals surface area contributed by atoms with Crippen molar-refractivity contribution in [1.29, 1.82) is 5.26 Å². The van der Waals surface area contributed by atoms with E-state index in [4.69, 9.17) is 4.74 Å². The molecule has 26 heavy (non-hydrogen) atoms. The van der Waals surface area contributed by atoms with E-state index in [1.165, 1.54) is 0 Å². The number of rotatable bonds is 6. The number of nitriles is 1. The summed E-state index contributed by atoms with van der Waals surface area (Å²) in [4.78, 5) is 8.68. The Bertz CT molecular complexity index is 933. The van der Waals surface area contributed by atoms with Crippen LogP contribution in [0.3, 0.4) is 0 Å². The van der Waals surface area contributed by atoms with E-state index in [1.807, 2.05) is 56.3 Å².